The first kappa shape index (κ1) is 14.7. The molecule has 0 aliphatic heterocycles. The van der Waals surface area contributed by atoms with Crippen molar-refractivity contribution in [2.45, 2.75) is 30.2 Å². The molecule has 0 amide bonds. The molecule has 2 aromatic rings. The van der Waals surface area contributed by atoms with Crippen LogP contribution in [0.3, 0.4) is 0 Å². The Balaban J connectivity index is 1.60. The maximum Gasteiger partial charge on any atom is 0.244 e. The second-order valence-corrected chi connectivity index (χ2v) is 8.08. The smallest absolute Gasteiger partial charge is 0.244 e. The number of hydrogen-bond acceptors (Lipinski definition) is 3. The largest absolute Gasteiger partial charge is 0.495 e. The van der Waals surface area contributed by atoms with Crippen LogP contribution < -0.4 is 9.46 Å². The molecule has 2 aromatic carbocycles. The molecule has 0 saturated heterocycles. The van der Waals surface area contributed by atoms with E-state index in [0.717, 1.165) is 12.0 Å². The van der Waals surface area contributed by atoms with Crippen LogP contribution in [0.5, 0.6) is 5.75 Å². The van der Waals surface area contributed by atoms with Crippen LogP contribution in [-0.4, -0.2) is 21.6 Å². The minimum atomic E-state index is -3.58. The first-order chi connectivity index (χ1) is 11.0. The molecule has 1 saturated carbocycles. The summed E-state index contributed by atoms with van der Waals surface area (Å²) in [7, 11) is -2.09. The van der Waals surface area contributed by atoms with Gasteiger partial charge >= 0.3 is 0 Å². The third-order valence-corrected chi connectivity index (χ3v) is 6.42. The van der Waals surface area contributed by atoms with E-state index in [4.69, 9.17) is 4.74 Å². The van der Waals surface area contributed by atoms with Crippen LogP contribution in [0.1, 0.15) is 22.6 Å². The van der Waals surface area contributed by atoms with E-state index in [0.29, 0.717) is 17.6 Å². The molecule has 23 heavy (non-hydrogen) atoms. The van der Waals surface area contributed by atoms with Crippen molar-refractivity contribution in [3.63, 3.8) is 0 Å². The van der Waals surface area contributed by atoms with E-state index in [1.165, 1.54) is 18.2 Å². The third-order valence-electron chi connectivity index (χ3n) is 4.94. The minimum Gasteiger partial charge on any atom is -0.495 e. The third kappa shape index (κ3) is 2.35. The molecular formula is C18H19NO3S. The molecule has 4 nitrogen and oxygen atoms in total. The Morgan fingerprint density at radius 1 is 1.17 bits per heavy atom. The van der Waals surface area contributed by atoms with E-state index in [9.17, 15) is 8.42 Å². The van der Waals surface area contributed by atoms with Crippen molar-refractivity contribution < 1.29 is 13.2 Å². The first-order valence-corrected chi connectivity index (χ1v) is 9.24. The second kappa shape index (κ2) is 5.08. The Bertz CT molecular complexity index is 876. The maximum absolute atomic E-state index is 12.8. The van der Waals surface area contributed by atoms with Crippen molar-refractivity contribution in [1.29, 1.82) is 0 Å². The zero-order valence-corrected chi connectivity index (χ0v) is 13.9. The molecule has 1 N–H and O–H groups in total. The molecule has 2 aliphatic rings. The van der Waals surface area contributed by atoms with Crippen LogP contribution in [0.2, 0.25) is 0 Å². The van der Waals surface area contributed by atoms with Crippen LogP contribution in [-0.2, 0) is 16.4 Å². The van der Waals surface area contributed by atoms with Gasteiger partial charge in [0, 0.05) is 12.0 Å². The summed E-state index contributed by atoms with van der Waals surface area (Å²) in [6.07, 6.45) is 0.957. The Hall–Kier alpha value is -1.85. The number of aryl methyl sites for hydroxylation is 1. The topological polar surface area (TPSA) is 55.4 Å². The van der Waals surface area contributed by atoms with Gasteiger partial charge in [-0.3, -0.25) is 0 Å². The Morgan fingerprint density at radius 3 is 2.74 bits per heavy atom. The summed E-state index contributed by atoms with van der Waals surface area (Å²) >= 11 is 0. The molecule has 0 spiro atoms. The standard InChI is InChI=1S/C18H19NO3S/c1-11-7-8-15(22-2)16(9-11)23(20,21)19-18-14-10-12-5-3-4-6-13(12)17(14)18/h3-9,14,17-19H,10H2,1-2H3/t14-,17+,18-/m1/s1. The van der Waals surface area contributed by atoms with Crippen molar-refractivity contribution in [3.05, 3.63) is 59.2 Å². The molecule has 0 heterocycles. The van der Waals surface area contributed by atoms with Crippen LogP contribution >= 0.6 is 0 Å². The normalized spacial score (nSPS) is 24.9. The van der Waals surface area contributed by atoms with Crippen LogP contribution in [0, 0.1) is 12.8 Å². The molecule has 0 unspecified atom stereocenters. The molecule has 120 valence electrons. The summed E-state index contributed by atoms with van der Waals surface area (Å²) in [6.45, 7) is 1.88. The SMILES string of the molecule is COc1ccc(C)cc1S(=O)(=O)N[C@@H]1[C@@H]2Cc3ccccc3[C@@H]21. The van der Waals surface area contributed by atoms with Crippen molar-refractivity contribution in [2.75, 3.05) is 7.11 Å². The van der Waals surface area contributed by atoms with Gasteiger partial charge in [0.2, 0.25) is 10.0 Å². The van der Waals surface area contributed by atoms with Gasteiger partial charge in [0.1, 0.15) is 10.6 Å². The first-order valence-electron chi connectivity index (χ1n) is 7.76. The number of methoxy groups -OCH3 is 1. The highest BCUT2D eigenvalue weighted by molar-refractivity contribution is 7.89. The Kier molecular flexibility index (Phi) is 3.25. The number of ether oxygens (including phenoxy) is 1. The fourth-order valence-electron chi connectivity index (χ4n) is 3.75. The summed E-state index contributed by atoms with van der Waals surface area (Å²) < 4.78 is 33.6. The van der Waals surface area contributed by atoms with Gasteiger partial charge in [-0.1, -0.05) is 30.3 Å². The van der Waals surface area contributed by atoms with Crippen LogP contribution in [0.4, 0.5) is 0 Å². The quantitative estimate of drug-likeness (QED) is 0.938. The van der Waals surface area contributed by atoms with Gasteiger partial charge in [0.05, 0.1) is 7.11 Å². The lowest BCUT2D eigenvalue weighted by Gasteiger charge is -2.13. The molecule has 1 fully saturated rings. The van der Waals surface area contributed by atoms with Gasteiger partial charge in [-0.05, 0) is 48.1 Å². The van der Waals surface area contributed by atoms with Crippen LogP contribution in [0.25, 0.3) is 0 Å². The average molecular weight is 329 g/mol. The molecule has 0 aromatic heterocycles. The van der Waals surface area contributed by atoms with E-state index in [1.54, 1.807) is 12.1 Å². The van der Waals surface area contributed by atoms with E-state index in [2.05, 4.69) is 16.9 Å². The highest BCUT2D eigenvalue weighted by atomic mass is 32.2. The lowest BCUT2D eigenvalue weighted by molar-refractivity contribution is 0.402. The van der Waals surface area contributed by atoms with E-state index >= 15 is 0 Å². The number of benzene rings is 2. The fraction of sp³-hybridized carbons (Fsp3) is 0.333. The van der Waals surface area contributed by atoms with Crippen molar-refractivity contribution in [1.82, 2.24) is 4.72 Å². The number of nitrogens with one attached hydrogen (secondary N) is 1. The lowest BCUT2D eigenvalue weighted by Crippen LogP contribution is -2.29. The predicted octanol–water partition coefficient (Wildman–Crippen LogP) is 2.62. The van der Waals surface area contributed by atoms with Gasteiger partial charge in [0.25, 0.3) is 0 Å². The molecule has 5 heteroatoms. The summed E-state index contributed by atoms with van der Waals surface area (Å²) in [6, 6.07) is 13.5. The minimum absolute atomic E-state index is 0.000110. The molecule has 4 rings (SSSR count). The second-order valence-electron chi connectivity index (χ2n) is 6.39. The van der Waals surface area contributed by atoms with Crippen molar-refractivity contribution in [2.24, 2.45) is 5.92 Å². The average Bonchev–Trinajstić information content (AvgIpc) is 3.03. The van der Waals surface area contributed by atoms with Gasteiger partial charge in [-0.15, -0.1) is 0 Å². The highest BCUT2D eigenvalue weighted by Gasteiger charge is 2.57. The number of sulfonamides is 1. The van der Waals surface area contributed by atoms with E-state index in [-0.39, 0.29) is 10.9 Å². The van der Waals surface area contributed by atoms with Crippen LogP contribution in [0.15, 0.2) is 47.4 Å². The molecular weight excluding hydrogens is 310 g/mol. The zero-order chi connectivity index (χ0) is 16.2. The van der Waals surface area contributed by atoms with E-state index in [1.807, 2.05) is 25.1 Å². The molecule has 0 radical (unpaired) electrons. The van der Waals surface area contributed by atoms with Gasteiger partial charge in [-0.2, -0.15) is 0 Å². The number of rotatable bonds is 4. The van der Waals surface area contributed by atoms with Crippen molar-refractivity contribution >= 4 is 10.0 Å². The maximum atomic E-state index is 12.8. The lowest BCUT2D eigenvalue weighted by atomic mass is 10.1. The zero-order valence-electron chi connectivity index (χ0n) is 13.1. The van der Waals surface area contributed by atoms with Gasteiger partial charge in [0.15, 0.2) is 0 Å². The Morgan fingerprint density at radius 2 is 1.96 bits per heavy atom. The van der Waals surface area contributed by atoms with Gasteiger partial charge < -0.3 is 4.74 Å². The Labute approximate surface area is 136 Å². The van der Waals surface area contributed by atoms with Gasteiger partial charge in [-0.25, -0.2) is 13.1 Å². The van der Waals surface area contributed by atoms with Crippen molar-refractivity contribution in [3.8, 4) is 5.75 Å². The molecule has 0 bridgehead atoms. The fourth-order valence-corrected chi connectivity index (χ4v) is 5.31. The monoisotopic (exact) mass is 329 g/mol. The number of fused-ring (bicyclic) bond motifs is 3. The summed E-state index contributed by atoms with van der Waals surface area (Å²) in [5.74, 6) is 1.09. The summed E-state index contributed by atoms with van der Waals surface area (Å²) in [5.41, 5.74) is 3.54. The van der Waals surface area contributed by atoms with E-state index < -0.39 is 10.0 Å². The summed E-state index contributed by atoms with van der Waals surface area (Å²) in [5, 5.41) is 0. The highest BCUT2D eigenvalue weighted by Crippen LogP contribution is 2.56. The number of hydrogen-bond donors (Lipinski definition) is 1. The molecule has 3 atom stereocenters. The predicted molar refractivity (Wildman–Crippen MR) is 88.2 cm³/mol. The molecule has 2 aliphatic carbocycles. The summed E-state index contributed by atoms with van der Waals surface area (Å²) in [4.78, 5) is 0.221.